The first-order chi connectivity index (χ1) is 7.83. The fourth-order valence-electron chi connectivity index (χ4n) is 1.95. The van der Waals surface area contributed by atoms with Gasteiger partial charge in [-0.2, -0.15) is 0 Å². The normalized spacial score (nSPS) is 13.4. The summed E-state index contributed by atoms with van der Waals surface area (Å²) in [4.78, 5) is 4.67. The second-order valence-electron chi connectivity index (χ2n) is 3.87. The van der Waals surface area contributed by atoms with Gasteiger partial charge in [0.2, 0.25) is 0 Å². The van der Waals surface area contributed by atoms with Crippen molar-refractivity contribution in [2.24, 2.45) is 4.99 Å². The third-order valence-corrected chi connectivity index (χ3v) is 3.26. The minimum Gasteiger partial charge on any atom is -0.252 e. The Bertz CT molecular complexity index is 558. The topological polar surface area (TPSA) is 12.4 Å². The molecule has 0 aliphatic carbocycles. The van der Waals surface area contributed by atoms with E-state index in [0.29, 0.717) is 0 Å². The molecule has 0 amide bonds. The number of aliphatic imine (C=N–C) groups is 1. The van der Waals surface area contributed by atoms with Crippen LogP contribution < -0.4 is 0 Å². The summed E-state index contributed by atoms with van der Waals surface area (Å²) in [6.07, 6.45) is 0.937. The average molecular weight is 272 g/mol. The Labute approximate surface area is 103 Å². The van der Waals surface area contributed by atoms with E-state index < -0.39 is 0 Å². The van der Waals surface area contributed by atoms with Crippen LogP contribution in [0, 0.1) is 0 Å². The monoisotopic (exact) mass is 271 g/mol. The molecule has 16 heavy (non-hydrogen) atoms. The van der Waals surface area contributed by atoms with Crippen LogP contribution in [0.4, 0.5) is 5.69 Å². The summed E-state index contributed by atoms with van der Waals surface area (Å²) in [5.41, 5.74) is 4.78. The van der Waals surface area contributed by atoms with Crippen molar-refractivity contribution in [1.82, 2.24) is 0 Å². The molecule has 0 unspecified atom stereocenters. The first kappa shape index (κ1) is 9.79. The van der Waals surface area contributed by atoms with Crippen molar-refractivity contribution >= 4 is 27.3 Å². The van der Waals surface area contributed by atoms with Gasteiger partial charge in [0.25, 0.3) is 0 Å². The molecule has 1 heterocycles. The number of hydrogen-bond acceptors (Lipinski definition) is 1. The first-order valence-electron chi connectivity index (χ1n) is 5.24. The van der Waals surface area contributed by atoms with Crippen molar-refractivity contribution in [2.45, 2.75) is 6.42 Å². The number of hydrogen-bond donors (Lipinski definition) is 0. The largest absolute Gasteiger partial charge is 0.252 e. The van der Waals surface area contributed by atoms with Crippen LogP contribution in [0.5, 0.6) is 0 Å². The van der Waals surface area contributed by atoms with Gasteiger partial charge in [-0.1, -0.05) is 52.3 Å². The number of halogens is 1. The predicted octanol–water partition coefficient (Wildman–Crippen LogP) is 4.13. The molecule has 0 spiro atoms. The van der Waals surface area contributed by atoms with Crippen LogP contribution in [0.3, 0.4) is 0 Å². The molecule has 3 rings (SSSR count). The lowest BCUT2D eigenvalue weighted by atomic mass is 10.0. The van der Waals surface area contributed by atoms with Crippen LogP contribution in [-0.4, -0.2) is 5.71 Å². The molecule has 0 N–H and O–H groups in total. The molecule has 2 heteroatoms. The highest BCUT2D eigenvalue weighted by molar-refractivity contribution is 9.10. The second-order valence-corrected chi connectivity index (χ2v) is 4.79. The van der Waals surface area contributed by atoms with Gasteiger partial charge in [-0.15, -0.1) is 0 Å². The maximum absolute atomic E-state index is 4.67. The lowest BCUT2D eigenvalue weighted by molar-refractivity contribution is 1.38. The average Bonchev–Trinajstić information content (AvgIpc) is 2.73. The summed E-state index contributed by atoms with van der Waals surface area (Å²) in [6, 6.07) is 16.6. The van der Waals surface area contributed by atoms with Crippen molar-refractivity contribution in [3.63, 3.8) is 0 Å². The van der Waals surface area contributed by atoms with Gasteiger partial charge in [0.15, 0.2) is 0 Å². The molecule has 0 bridgehead atoms. The Morgan fingerprint density at radius 1 is 1.00 bits per heavy atom. The molecular formula is C14H10BrN. The molecule has 0 saturated heterocycles. The highest BCUT2D eigenvalue weighted by Crippen LogP contribution is 2.31. The lowest BCUT2D eigenvalue weighted by Crippen LogP contribution is -1.99. The number of fused-ring (bicyclic) bond motifs is 1. The molecule has 0 aromatic heterocycles. The molecule has 1 aliphatic heterocycles. The summed E-state index contributed by atoms with van der Waals surface area (Å²) in [5, 5.41) is 0. The van der Waals surface area contributed by atoms with Gasteiger partial charge in [0.05, 0.1) is 11.4 Å². The van der Waals surface area contributed by atoms with Crippen LogP contribution in [-0.2, 0) is 6.42 Å². The minimum atomic E-state index is 0.937. The Kier molecular flexibility index (Phi) is 2.37. The Morgan fingerprint density at radius 3 is 2.62 bits per heavy atom. The van der Waals surface area contributed by atoms with E-state index >= 15 is 0 Å². The second kappa shape index (κ2) is 3.87. The third-order valence-electron chi connectivity index (χ3n) is 2.77. The van der Waals surface area contributed by atoms with Gasteiger partial charge >= 0.3 is 0 Å². The fourth-order valence-corrected chi connectivity index (χ4v) is 2.30. The van der Waals surface area contributed by atoms with Crippen LogP contribution >= 0.6 is 15.9 Å². The molecule has 1 nitrogen and oxygen atoms in total. The summed E-state index contributed by atoms with van der Waals surface area (Å²) in [5.74, 6) is 0. The van der Waals surface area contributed by atoms with E-state index in [-0.39, 0.29) is 0 Å². The van der Waals surface area contributed by atoms with E-state index in [1.807, 2.05) is 6.07 Å². The quantitative estimate of drug-likeness (QED) is 0.740. The van der Waals surface area contributed by atoms with Gasteiger partial charge < -0.3 is 0 Å². The Hall–Kier alpha value is -1.41. The maximum atomic E-state index is 4.67. The zero-order valence-corrected chi connectivity index (χ0v) is 10.2. The minimum absolute atomic E-state index is 0.937. The molecule has 78 valence electrons. The van der Waals surface area contributed by atoms with E-state index in [4.69, 9.17) is 0 Å². The lowest BCUT2D eigenvalue weighted by Gasteiger charge is -1.98. The molecular weight excluding hydrogens is 262 g/mol. The van der Waals surface area contributed by atoms with Gasteiger partial charge in [0, 0.05) is 10.9 Å². The first-order valence-corrected chi connectivity index (χ1v) is 6.04. The Balaban J connectivity index is 2.02. The van der Waals surface area contributed by atoms with Crippen molar-refractivity contribution in [2.75, 3.05) is 0 Å². The summed E-state index contributed by atoms with van der Waals surface area (Å²) in [7, 11) is 0. The van der Waals surface area contributed by atoms with E-state index in [1.165, 1.54) is 11.1 Å². The molecule has 0 radical (unpaired) electrons. The molecule has 2 aromatic rings. The SMILES string of the molecule is Brc1ccc2c(c1)N=C(c1ccccc1)C2. The maximum Gasteiger partial charge on any atom is 0.0680 e. The molecule has 0 atom stereocenters. The van der Waals surface area contributed by atoms with Crippen LogP contribution in [0.15, 0.2) is 58.0 Å². The van der Waals surface area contributed by atoms with Crippen LogP contribution in [0.2, 0.25) is 0 Å². The van der Waals surface area contributed by atoms with Gasteiger partial charge in [0.1, 0.15) is 0 Å². The van der Waals surface area contributed by atoms with Gasteiger partial charge in [-0.25, -0.2) is 0 Å². The number of benzene rings is 2. The highest BCUT2D eigenvalue weighted by Gasteiger charge is 2.15. The summed E-state index contributed by atoms with van der Waals surface area (Å²) >= 11 is 3.47. The van der Waals surface area contributed by atoms with Gasteiger partial charge in [-0.3, -0.25) is 4.99 Å². The highest BCUT2D eigenvalue weighted by atomic mass is 79.9. The van der Waals surface area contributed by atoms with Crippen molar-refractivity contribution in [1.29, 1.82) is 0 Å². The zero-order chi connectivity index (χ0) is 11.0. The molecule has 2 aromatic carbocycles. The number of nitrogens with zero attached hydrogens (tertiary/aromatic N) is 1. The standard InChI is InChI=1S/C14H10BrN/c15-12-7-6-11-8-13(16-14(11)9-12)10-4-2-1-3-5-10/h1-7,9H,8H2. The Morgan fingerprint density at radius 2 is 1.81 bits per heavy atom. The van der Waals surface area contributed by atoms with Gasteiger partial charge in [-0.05, 0) is 23.3 Å². The van der Waals surface area contributed by atoms with E-state index in [1.54, 1.807) is 0 Å². The fraction of sp³-hybridized carbons (Fsp3) is 0.0714. The smallest absolute Gasteiger partial charge is 0.0680 e. The molecule has 0 fully saturated rings. The molecule has 1 aliphatic rings. The van der Waals surface area contributed by atoms with Crippen molar-refractivity contribution in [3.8, 4) is 0 Å². The van der Waals surface area contributed by atoms with Crippen LogP contribution in [0.25, 0.3) is 0 Å². The van der Waals surface area contributed by atoms with E-state index in [9.17, 15) is 0 Å². The van der Waals surface area contributed by atoms with E-state index in [2.05, 4.69) is 63.4 Å². The summed E-state index contributed by atoms with van der Waals surface area (Å²) in [6.45, 7) is 0. The van der Waals surface area contributed by atoms with Crippen molar-refractivity contribution < 1.29 is 0 Å². The number of rotatable bonds is 1. The molecule has 0 saturated carbocycles. The summed E-state index contributed by atoms with van der Waals surface area (Å²) < 4.78 is 1.09. The van der Waals surface area contributed by atoms with Crippen molar-refractivity contribution in [3.05, 3.63) is 64.1 Å². The van der Waals surface area contributed by atoms with Crippen LogP contribution in [0.1, 0.15) is 11.1 Å². The zero-order valence-electron chi connectivity index (χ0n) is 8.65. The predicted molar refractivity (Wildman–Crippen MR) is 70.5 cm³/mol. The van der Waals surface area contributed by atoms with E-state index in [0.717, 1.165) is 22.3 Å². The third kappa shape index (κ3) is 1.69.